The highest BCUT2D eigenvalue weighted by Crippen LogP contribution is 2.26. The van der Waals surface area contributed by atoms with Crippen LogP contribution >= 0.6 is 11.3 Å². The molecule has 1 aromatic heterocycles. The number of nitriles is 1. The maximum Gasteiger partial charge on any atom is 0.240 e. The van der Waals surface area contributed by atoms with E-state index in [2.05, 4.69) is 23.3 Å². The van der Waals surface area contributed by atoms with Crippen LogP contribution in [0.4, 0.5) is 5.13 Å². The Bertz CT molecular complexity index is 597. The molecule has 2 rings (SSSR count). The number of nitrogens with one attached hydrogen (secondary N) is 1. The highest BCUT2D eigenvalue weighted by molar-refractivity contribution is 7.22. The number of aromatic nitrogens is 1. The van der Waals surface area contributed by atoms with Crippen LogP contribution in [0.5, 0.6) is 0 Å². The average molecular weight is 245 g/mol. The molecule has 0 spiro atoms. The van der Waals surface area contributed by atoms with Gasteiger partial charge in [-0.25, -0.2) is 4.98 Å². The molecule has 86 valence electrons. The Hall–Kier alpha value is -1.93. The first-order chi connectivity index (χ1) is 8.22. The van der Waals surface area contributed by atoms with Crippen molar-refractivity contribution >= 4 is 32.6 Å². The van der Waals surface area contributed by atoms with Crippen LogP contribution in [0.3, 0.4) is 0 Å². The smallest absolute Gasteiger partial charge is 0.240 e. The van der Waals surface area contributed by atoms with Crippen LogP contribution in [-0.4, -0.2) is 10.9 Å². The van der Waals surface area contributed by atoms with E-state index in [0.29, 0.717) is 5.13 Å². The molecule has 4 nitrogen and oxygen atoms in total. The summed E-state index contributed by atoms with van der Waals surface area (Å²) in [6, 6.07) is 7.86. The maximum atomic E-state index is 11.2. The summed E-state index contributed by atoms with van der Waals surface area (Å²) in [6.45, 7) is 2.10. The normalized spacial score (nSPS) is 10.1. The molecule has 1 N–H and O–H groups in total. The van der Waals surface area contributed by atoms with Crippen molar-refractivity contribution in [1.29, 1.82) is 5.26 Å². The van der Waals surface area contributed by atoms with Gasteiger partial charge in [-0.3, -0.25) is 4.79 Å². The number of hydrogen-bond acceptors (Lipinski definition) is 4. The summed E-state index contributed by atoms with van der Waals surface area (Å²) >= 11 is 1.43. The van der Waals surface area contributed by atoms with E-state index in [-0.39, 0.29) is 12.3 Å². The molecule has 0 saturated heterocycles. The standard InChI is InChI=1S/C12H11N3OS/c1-2-8-3-4-9-10(7-8)17-12(14-9)15-11(16)5-6-13/h3-4,7H,2,5H2,1H3,(H,14,15,16). The monoisotopic (exact) mass is 245 g/mol. The molecule has 0 aliphatic heterocycles. The van der Waals surface area contributed by atoms with E-state index in [9.17, 15) is 4.79 Å². The Morgan fingerprint density at radius 1 is 1.59 bits per heavy atom. The van der Waals surface area contributed by atoms with Gasteiger partial charge in [-0.05, 0) is 24.1 Å². The molecular formula is C12H11N3OS. The van der Waals surface area contributed by atoms with E-state index in [1.165, 1.54) is 16.9 Å². The van der Waals surface area contributed by atoms with Gasteiger partial charge in [0, 0.05) is 0 Å². The summed E-state index contributed by atoms with van der Waals surface area (Å²) in [7, 11) is 0. The molecule has 0 atom stereocenters. The van der Waals surface area contributed by atoms with Gasteiger partial charge >= 0.3 is 0 Å². The van der Waals surface area contributed by atoms with E-state index in [0.717, 1.165) is 16.6 Å². The van der Waals surface area contributed by atoms with Gasteiger partial charge < -0.3 is 5.32 Å². The third-order valence-corrected chi connectivity index (χ3v) is 3.28. The summed E-state index contributed by atoms with van der Waals surface area (Å²) in [6.07, 6.45) is 0.833. The molecule has 17 heavy (non-hydrogen) atoms. The fraction of sp³-hybridized carbons (Fsp3) is 0.250. The lowest BCUT2D eigenvalue weighted by Gasteiger charge is -1.94. The maximum absolute atomic E-state index is 11.2. The fourth-order valence-corrected chi connectivity index (χ4v) is 2.42. The van der Waals surface area contributed by atoms with Crippen molar-refractivity contribution in [3.63, 3.8) is 0 Å². The summed E-state index contributed by atoms with van der Waals surface area (Å²) in [5.41, 5.74) is 2.12. The first-order valence-electron chi connectivity index (χ1n) is 5.29. The number of amides is 1. The van der Waals surface area contributed by atoms with E-state index in [1.54, 1.807) is 6.07 Å². The molecule has 1 amide bonds. The zero-order valence-electron chi connectivity index (χ0n) is 9.36. The number of nitrogens with zero attached hydrogens (tertiary/aromatic N) is 2. The minimum atomic E-state index is -0.317. The highest BCUT2D eigenvalue weighted by atomic mass is 32.1. The SMILES string of the molecule is CCc1ccc2nc(NC(=O)CC#N)sc2c1. The molecule has 5 heteroatoms. The minimum absolute atomic E-state index is 0.143. The number of rotatable bonds is 3. The third kappa shape index (κ3) is 2.60. The van der Waals surface area contributed by atoms with Crippen molar-refractivity contribution in [3.05, 3.63) is 23.8 Å². The molecule has 0 radical (unpaired) electrons. The topological polar surface area (TPSA) is 65.8 Å². The predicted molar refractivity (Wildman–Crippen MR) is 67.9 cm³/mol. The second-order valence-corrected chi connectivity index (χ2v) is 4.59. The molecule has 0 unspecified atom stereocenters. The molecule has 0 bridgehead atoms. The van der Waals surface area contributed by atoms with Gasteiger partial charge in [-0.2, -0.15) is 5.26 Å². The van der Waals surface area contributed by atoms with Gasteiger partial charge in [0.25, 0.3) is 0 Å². The second-order valence-electron chi connectivity index (χ2n) is 3.56. The van der Waals surface area contributed by atoms with E-state index >= 15 is 0 Å². The molecule has 0 fully saturated rings. The second kappa shape index (κ2) is 4.93. The van der Waals surface area contributed by atoms with Gasteiger partial charge in [-0.15, -0.1) is 0 Å². The zero-order valence-corrected chi connectivity index (χ0v) is 10.2. The predicted octanol–water partition coefficient (Wildman–Crippen LogP) is 2.71. The van der Waals surface area contributed by atoms with Crippen LogP contribution in [0.2, 0.25) is 0 Å². The Morgan fingerprint density at radius 3 is 3.12 bits per heavy atom. The lowest BCUT2D eigenvalue weighted by atomic mass is 10.2. The first kappa shape index (κ1) is 11.6. The summed E-state index contributed by atoms with van der Waals surface area (Å²) in [5, 5.41) is 11.6. The minimum Gasteiger partial charge on any atom is -0.301 e. The van der Waals surface area contributed by atoms with Crippen LogP contribution in [0.15, 0.2) is 18.2 Å². The molecule has 0 aliphatic rings. The largest absolute Gasteiger partial charge is 0.301 e. The van der Waals surface area contributed by atoms with Crippen molar-refractivity contribution in [3.8, 4) is 6.07 Å². The van der Waals surface area contributed by atoms with E-state index in [4.69, 9.17) is 5.26 Å². The van der Waals surface area contributed by atoms with Crippen molar-refractivity contribution in [2.45, 2.75) is 19.8 Å². The van der Waals surface area contributed by atoms with E-state index < -0.39 is 0 Å². The Kier molecular flexibility index (Phi) is 3.35. The third-order valence-electron chi connectivity index (χ3n) is 2.35. The van der Waals surface area contributed by atoms with Gasteiger partial charge in [-0.1, -0.05) is 24.3 Å². The number of fused-ring (bicyclic) bond motifs is 1. The Labute approximate surface area is 103 Å². The summed E-state index contributed by atoms with van der Waals surface area (Å²) < 4.78 is 1.05. The fourth-order valence-electron chi connectivity index (χ4n) is 1.48. The number of hydrogen-bond donors (Lipinski definition) is 1. The van der Waals surface area contributed by atoms with Gasteiger partial charge in [0.15, 0.2) is 5.13 Å². The van der Waals surface area contributed by atoms with Crippen molar-refractivity contribution in [2.75, 3.05) is 5.32 Å². The van der Waals surface area contributed by atoms with Gasteiger partial charge in [0.2, 0.25) is 5.91 Å². The Balaban J connectivity index is 2.26. The first-order valence-corrected chi connectivity index (χ1v) is 6.11. The number of carbonyl (C=O) groups is 1. The van der Waals surface area contributed by atoms with Crippen LogP contribution in [0.1, 0.15) is 18.9 Å². The number of aryl methyl sites for hydroxylation is 1. The van der Waals surface area contributed by atoms with Crippen LogP contribution in [0.25, 0.3) is 10.2 Å². The number of benzene rings is 1. The Morgan fingerprint density at radius 2 is 2.41 bits per heavy atom. The number of anilines is 1. The number of thiazole rings is 1. The lowest BCUT2D eigenvalue weighted by molar-refractivity contribution is -0.115. The van der Waals surface area contributed by atoms with E-state index in [1.807, 2.05) is 12.1 Å². The number of carbonyl (C=O) groups excluding carboxylic acids is 1. The molecular weight excluding hydrogens is 234 g/mol. The average Bonchev–Trinajstić information content (AvgIpc) is 2.69. The summed E-state index contributed by atoms with van der Waals surface area (Å²) in [5.74, 6) is -0.317. The van der Waals surface area contributed by atoms with Gasteiger partial charge in [0.05, 0.1) is 16.3 Å². The molecule has 1 heterocycles. The highest BCUT2D eigenvalue weighted by Gasteiger charge is 2.07. The lowest BCUT2D eigenvalue weighted by Crippen LogP contribution is -2.09. The summed E-state index contributed by atoms with van der Waals surface area (Å²) in [4.78, 5) is 15.5. The molecule has 2 aromatic rings. The quantitative estimate of drug-likeness (QED) is 0.904. The van der Waals surface area contributed by atoms with Crippen LogP contribution in [-0.2, 0) is 11.2 Å². The van der Waals surface area contributed by atoms with Gasteiger partial charge in [0.1, 0.15) is 6.42 Å². The van der Waals surface area contributed by atoms with Crippen molar-refractivity contribution < 1.29 is 4.79 Å². The zero-order chi connectivity index (χ0) is 12.3. The van der Waals surface area contributed by atoms with Crippen molar-refractivity contribution in [1.82, 2.24) is 4.98 Å². The molecule has 1 aromatic carbocycles. The van der Waals surface area contributed by atoms with Crippen LogP contribution in [0, 0.1) is 11.3 Å². The molecule has 0 aliphatic carbocycles. The van der Waals surface area contributed by atoms with Crippen LogP contribution < -0.4 is 5.32 Å². The van der Waals surface area contributed by atoms with Crippen molar-refractivity contribution in [2.24, 2.45) is 0 Å². The molecule has 0 saturated carbocycles.